The molecule has 1 amide bonds. The van der Waals surface area contributed by atoms with Crippen molar-refractivity contribution in [3.63, 3.8) is 0 Å². The molecule has 0 spiro atoms. The fourth-order valence-corrected chi connectivity index (χ4v) is 3.38. The minimum atomic E-state index is -4.40. The molecule has 2 atom stereocenters. The first kappa shape index (κ1) is 23.4. The van der Waals surface area contributed by atoms with Gasteiger partial charge in [0.2, 0.25) is 0 Å². The first-order chi connectivity index (χ1) is 14.7. The molecule has 1 heterocycles. The van der Waals surface area contributed by atoms with Gasteiger partial charge in [-0.1, -0.05) is 35.9 Å². The van der Waals surface area contributed by atoms with E-state index in [-0.39, 0.29) is 25.2 Å². The molecule has 5 nitrogen and oxygen atoms in total. The zero-order valence-corrected chi connectivity index (χ0v) is 17.7. The van der Waals surface area contributed by atoms with Crippen LogP contribution in [0.5, 0.6) is 5.75 Å². The zero-order valence-electron chi connectivity index (χ0n) is 16.9. The maximum Gasteiger partial charge on any atom is 0.416 e. The summed E-state index contributed by atoms with van der Waals surface area (Å²) in [5, 5.41) is 0.421. The second-order valence-corrected chi connectivity index (χ2v) is 7.59. The van der Waals surface area contributed by atoms with Crippen molar-refractivity contribution in [1.29, 1.82) is 0 Å². The van der Waals surface area contributed by atoms with Crippen LogP contribution in [0, 0.1) is 0 Å². The number of hydrogen-bond donors (Lipinski definition) is 0. The van der Waals surface area contributed by atoms with Gasteiger partial charge >= 0.3 is 6.18 Å². The molecular formula is C22H23ClF3NO4. The predicted molar refractivity (Wildman–Crippen MR) is 109 cm³/mol. The smallest absolute Gasteiger partial charge is 0.416 e. The molecule has 0 saturated carbocycles. The minimum Gasteiger partial charge on any atom is -0.479 e. The summed E-state index contributed by atoms with van der Waals surface area (Å²) in [4.78, 5) is 14.4. The Morgan fingerprint density at radius 2 is 2.03 bits per heavy atom. The molecule has 3 rings (SSSR count). The summed E-state index contributed by atoms with van der Waals surface area (Å²) >= 11 is 6.08. The van der Waals surface area contributed by atoms with Crippen molar-refractivity contribution in [3.05, 3.63) is 64.7 Å². The van der Waals surface area contributed by atoms with Crippen LogP contribution in [-0.2, 0) is 27.1 Å². The van der Waals surface area contributed by atoms with Gasteiger partial charge in [-0.25, -0.2) is 0 Å². The lowest BCUT2D eigenvalue weighted by atomic mass is 10.1. The number of benzene rings is 2. The molecule has 2 aromatic rings. The molecule has 1 fully saturated rings. The van der Waals surface area contributed by atoms with Crippen molar-refractivity contribution in [1.82, 2.24) is 4.90 Å². The summed E-state index contributed by atoms with van der Waals surface area (Å²) in [6, 6.07) is 11.9. The van der Waals surface area contributed by atoms with E-state index in [2.05, 4.69) is 0 Å². The quantitative estimate of drug-likeness (QED) is 0.611. The number of carbonyl (C=O) groups is 1. The number of halogens is 4. The highest BCUT2D eigenvalue weighted by Gasteiger charge is 2.31. The molecule has 0 bridgehead atoms. The molecule has 0 aliphatic carbocycles. The van der Waals surface area contributed by atoms with E-state index < -0.39 is 17.8 Å². The Labute approximate surface area is 183 Å². The Hall–Kier alpha value is -2.29. The van der Waals surface area contributed by atoms with Gasteiger partial charge < -0.3 is 19.1 Å². The van der Waals surface area contributed by atoms with Crippen LogP contribution in [-0.4, -0.2) is 49.3 Å². The lowest BCUT2D eigenvalue weighted by Crippen LogP contribution is -2.50. The average molecular weight is 458 g/mol. The number of carbonyl (C=O) groups excluding carboxylic acids is 1. The highest BCUT2D eigenvalue weighted by atomic mass is 35.5. The molecule has 0 N–H and O–H groups in total. The summed E-state index contributed by atoms with van der Waals surface area (Å²) in [5.74, 6) is 0.227. The Kier molecular flexibility index (Phi) is 7.80. The van der Waals surface area contributed by atoms with Crippen molar-refractivity contribution < 1.29 is 32.2 Å². The standard InChI is InChI=1S/C22H23ClF3NO4/c1-15(31-20-8-3-2-7-19(20)23)21(28)27-9-10-30-18(12-27)14-29-13-16-5-4-6-17(11-16)22(24,25)26/h2-8,11,15,18H,9-10,12-14H2,1H3. The van der Waals surface area contributed by atoms with E-state index in [1.807, 2.05) is 0 Å². The molecule has 1 saturated heterocycles. The summed E-state index contributed by atoms with van der Waals surface area (Å²) in [7, 11) is 0. The van der Waals surface area contributed by atoms with E-state index in [1.54, 1.807) is 42.2 Å². The molecule has 9 heteroatoms. The Morgan fingerprint density at radius 1 is 1.26 bits per heavy atom. The second kappa shape index (κ2) is 10.3. The largest absolute Gasteiger partial charge is 0.479 e. The van der Waals surface area contributed by atoms with E-state index in [1.165, 1.54) is 6.07 Å². The van der Waals surface area contributed by atoms with Crippen molar-refractivity contribution in [3.8, 4) is 5.75 Å². The zero-order chi connectivity index (χ0) is 22.4. The summed E-state index contributed by atoms with van der Waals surface area (Å²) in [6.45, 7) is 2.88. The third kappa shape index (κ3) is 6.59. The number of para-hydroxylation sites is 1. The predicted octanol–water partition coefficient (Wildman–Crippen LogP) is 4.57. The number of morpholine rings is 1. The Morgan fingerprint density at radius 3 is 2.77 bits per heavy atom. The van der Waals surface area contributed by atoms with Gasteiger partial charge in [0.05, 0.1) is 36.5 Å². The topological polar surface area (TPSA) is 48.0 Å². The highest BCUT2D eigenvalue weighted by molar-refractivity contribution is 6.32. The van der Waals surface area contributed by atoms with Gasteiger partial charge in [-0.2, -0.15) is 13.2 Å². The van der Waals surface area contributed by atoms with Gasteiger partial charge in [0.25, 0.3) is 5.91 Å². The van der Waals surface area contributed by atoms with Crippen molar-refractivity contribution in [2.45, 2.75) is 31.9 Å². The van der Waals surface area contributed by atoms with E-state index in [0.29, 0.717) is 36.0 Å². The number of hydrogen-bond acceptors (Lipinski definition) is 4. The van der Waals surface area contributed by atoms with Gasteiger partial charge in [-0.05, 0) is 36.8 Å². The van der Waals surface area contributed by atoms with Crippen molar-refractivity contribution in [2.24, 2.45) is 0 Å². The highest BCUT2D eigenvalue weighted by Crippen LogP contribution is 2.29. The van der Waals surface area contributed by atoms with E-state index in [9.17, 15) is 18.0 Å². The molecule has 1 aliphatic rings. The molecule has 0 aromatic heterocycles. The Balaban J connectivity index is 1.49. The van der Waals surface area contributed by atoms with E-state index in [4.69, 9.17) is 25.8 Å². The molecule has 1 aliphatic heterocycles. The second-order valence-electron chi connectivity index (χ2n) is 7.18. The van der Waals surface area contributed by atoms with Crippen LogP contribution in [0.3, 0.4) is 0 Å². The number of nitrogens with zero attached hydrogens (tertiary/aromatic N) is 1. The maximum absolute atomic E-state index is 12.8. The van der Waals surface area contributed by atoms with Gasteiger partial charge in [0.1, 0.15) is 5.75 Å². The molecule has 0 radical (unpaired) electrons. The fraction of sp³-hybridized carbons (Fsp3) is 0.409. The van der Waals surface area contributed by atoms with Gasteiger partial charge in [-0.15, -0.1) is 0 Å². The van der Waals surface area contributed by atoms with Gasteiger partial charge in [0, 0.05) is 13.1 Å². The Bertz CT molecular complexity index is 893. The third-order valence-corrected chi connectivity index (χ3v) is 5.08. The number of rotatable bonds is 7. The van der Waals surface area contributed by atoms with Crippen LogP contribution >= 0.6 is 11.6 Å². The average Bonchev–Trinajstić information content (AvgIpc) is 2.74. The van der Waals surface area contributed by atoms with Crippen LogP contribution < -0.4 is 4.74 Å². The fourth-order valence-electron chi connectivity index (χ4n) is 3.20. The SMILES string of the molecule is CC(Oc1ccccc1Cl)C(=O)N1CCOC(COCc2cccc(C(F)(F)F)c2)C1. The summed E-state index contributed by atoms with van der Waals surface area (Å²) < 4.78 is 55.3. The van der Waals surface area contributed by atoms with Crippen LogP contribution in [0.25, 0.3) is 0 Å². The lowest BCUT2D eigenvalue weighted by Gasteiger charge is -2.34. The maximum atomic E-state index is 12.8. The van der Waals surface area contributed by atoms with E-state index >= 15 is 0 Å². The first-order valence-electron chi connectivity index (χ1n) is 9.79. The van der Waals surface area contributed by atoms with Crippen molar-refractivity contribution in [2.75, 3.05) is 26.3 Å². The van der Waals surface area contributed by atoms with Gasteiger partial charge in [-0.3, -0.25) is 4.79 Å². The number of alkyl halides is 3. The molecule has 2 unspecified atom stereocenters. The monoisotopic (exact) mass is 457 g/mol. The van der Waals surface area contributed by atoms with Crippen LogP contribution in [0.4, 0.5) is 13.2 Å². The third-order valence-electron chi connectivity index (χ3n) is 4.77. The van der Waals surface area contributed by atoms with Crippen LogP contribution in [0.1, 0.15) is 18.1 Å². The normalized spacial score (nSPS) is 18.0. The summed E-state index contributed by atoms with van der Waals surface area (Å²) in [5.41, 5.74) is -0.299. The number of amides is 1. The van der Waals surface area contributed by atoms with Crippen LogP contribution in [0.15, 0.2) is 48.5 Å². The van der Waals surface area contributed by atoms with Crippen molar-refractivity contribution >= 4 is 17.5 Å². The summed E-state index contributed by atoms with van der Waals surface area (Å²) in [6.07, 6.45) is -5.51. The molecule has 2 aromatic carbocycles. The molecule has 31 heavy (non-hydrogen) atoms. The van der Waals surface area contributed by atoms with E-state index in [0.717, 1.165) is 12.1 Å². The lowest BCUT2D eigenvalue weighted by molar-refractivity contribution is -0.148. The number of ether oxygens (including phenoxy) is 3. The van der Waals surface area contributed by atoms with Crippen LogP contribution in [0.2, 0.25) is 5.02 Å². The minimum absolute atomic E-state index is 0.0176. The molecular weight excluding hydrogens is 435 g/mol. The van der Waals surface area contributed by atoms with Gasteiger partial charge in [0.15, 0.2) is 6.10 Å². The first-order valence-corrected chi connectivity index (χ1v) is 10.2. The molecule has 168 valence electrons.